The number of carbonyl (C=O) groups excluding carboxylic acids is 1. The van der Waals surface area contributed by atoms with E-state index < -0.39 is 22.0 Å². The van der Waals surface area contributed by atoms with Gasteiger partial charge in [0.2, 0.25) is 15.9 Å². The fourth-order valence-corrected chi connectivity index (χ4v) is 4.08. The number of hydrogen-bond acceptors (Lipinski definition) is 5. The van der Waals surface area contributed by atoms with E-state index in [2.05, 4.69) is 10.0 Å². The fourth-order valence-electron chi connectivity index (χ4n) is 2.84. The van der Waals surface area contributed by atoms with E-state index in [4.69, 9.17) is 9.47 Å². The molecular formula is C21H22N2O5S. The van der Waals surface area contributed by atoms with Crippen molar-refractivity contribution < 1.29 is 22.7 Å². The summed E-state index contributed by atoms with van der Waals surface area (Å²) >= 11 is 0. The number of sulfonamides is 1. The van der Waals surface area contributed by atoms with Crippen LogP contribution in [0.15, 0.2) is 65.6 Å². The largest absolute Gasteiger partial charge is 0.497 e. The van der Waals surface area contributed by atoms with Crippen molar-refractivity contribution in [2.45, 2.75) is 17.9 Å². The molecule has 0 aliphatic carbocycles. The average molecular weight is 414 g/mol. The number of hydrogen-bond donors (Lipinski definition) is 2. The number of benzene rings is 3. The smallest absolute Gasteiger partial charge is 0.242 e. The van der Waals surface area contributed by atoms with Gasteiger partial charge < -0.3 is 14.8 Å². The molecule has 0 aromatic heterocycles. The quantitative estimate of drug-likeness (QED) is 0.619. The molecule has 29 heavy (non-hydrogen) atoms. The average Bonchev–Trinajstić information content (AvgIpc) is 2.72. The van der Waals surface area contributed by atoms with Crippen LogP contribution < -0.4 is 19.5 Å². The van der Waals surface area contributed by atoms with Crippen molar-refractivity contribution in [1.82, 2.24) is 4.72 Å². The summed E-state index contributed by atoms with van der Waals surface area (Å²) in [5, 5.41) is 4.40. The van der Waals surface area contributed by atoms with Crippen molar-refractivity contribution >= 4 is 32.4 Å². The van der Waals surface area contributed by atoms with Crippen LogP contribution in [-0.4, -0.2) is 34.6 Å². The lowest BCUT2D eigenvalue weighted by atomic mass is 10.1. The number of fused-ring (bicyclic) bond motifs is 1. The molecule has 0 unspecified atom stereocenters. The normalized spacial score (nSPS) is 12.4. The molecule has 3 aromatic carbocycles. The van der Waals surface area contributed by atoms with Crippen molar-refractivity contribution in [1.29, 1.82) is 0 Å². The Balaban J connectivity index is 1.77. The summed E-state index contributed by atoms with van der Waals surface area (Å²) in [5.74, 6) is 0.440. The van der Waals surface area contributed by atoms with E-state index >= 15 is 0 Å². The first-order valence-electron chi connectivity index (χ1n) is 8.88. The number of nitrogens with one attached hydrogen (secondary N) is 2. The van der Waals surface area contributed by atoms with Crippen molar-refractivity contribution in [2.75, 3.05) is 19.5 Å². The van der Waals surface area contributed by atoms with Gasteiger partial charge in [-0.2, -0.15) is 4.72 Å². The monoisotopic (exact) mass is 414 g/mol. The number of amides is 1. The summed E-state index contributed by atoms with van der Waals surface area (Å²) in [5.41, 5.74) is 0.383. The summed E-state index contributed by atoms with van der Waals surface area (Å²) in [6.07, 6.45) is 0. The molecule has 1 amide bonds. The highest BCUT2D eigenvalue weighted by atomic mass is 32.2. The molecular weight excluding hydrogens is 392 g/mol. The Morgan fingerprint density at radius 3 is 2.34 bits per heavy atom. The zero-order valence-electron chi connectivity index (χ0n) is 16.3. The van der Waals surface area contributed by atoms with Gasteiger partial charge in [0.1, 0.15) is 11.5 Å². The first-order valence-corrected chi connectivity index (χ1v) is 10.4. The molecule has 3 rings (SSSR count). The zero-order valence-corrected chi connectivity index (χ0v) is 17.1. The summed E-state index contributed by atoms with van der Waals surface area (Å²) < 4.78 is 38.3. The highest BCUT2D eigenvalue weighted by molar-refractivity contribution is 7.89. The molecule has 8 heteroatoms. The van der Waals surface area contributed by atoms with Gasteiger partial charge in [-0.05, 0) is 42.0 Å². The van der Waals surface area contributed by atoms with E-state index in [0.29, 0.717) is 17.2 Å². The molecule has 152 valence electrons. The Bertz CT molecular complexity index is 1140. The van der Waals surface area contributed by atoms with Gasteiger partial charge >= 0.3 is 0 Å². The maximum absolute atomic E-state index is 12.7. The first-order chi connectivity index (χ1) is 13.8. The molecule has 0 radical (unpaired) electrons. The van der Waals surface area contributed by atoms with E-state index in [-0.39, 0.29) is 4.90 Å². The molecule has 0 aliphatic rings. The number of anilines is 1. The van der Waals surface area contributed by atoms with Gasteiger partial charge in [0.05, 0.1) is 30.8 Å². The molecule has 2 N–H and O–H groups in total. The topological polar surface area (TPSA) is 93.7 Å². The van der Waals surface area contributed by atoms with E-state index in [1.807, 2.05) is 24.3 Å². The summed E-state index contributed by atoms with van der Waals surface area (Å²) in [6.45, 7) is 1.47. The van der Waals surface area contributed by atoms with Gasteiger partial charge in [-0.3, -0.25) is 4.79 Å². The molecule has 0 fully saturated rings. The second-order valence-electron chi connectivity index (χ2n) is 6.41. The lowest BCUT2D eigenvalue weighted by molar-refractivity contribution is -0.117. The summed E-state index contributed by atoms with van der Waals surface area (Å²) in [6, 6.07) is 16.2. The number of ether oxygens (including phenoxy) is 2. The SMILES string of the molecule is COc1ccc(OC)c(NC(=O)[C@H](C)NS(=O)(=O)c2ccc3ccccc3c2)c1. The minimum atomic E-state index is -3.88. The maximum Gasteiger partial charge on any atom is 0.242 e. The maximum atomic E-state index is 12.7. The van der Waals surface area contributed by atoms with Gasteiger partial charge in [-0.25, -0.2) is 8.42 Å². The molecule has 0 heterocycles. The first kappa shape index (κ1) is 20.6. The van der Waals surface area contributed by atoms with Crippen molar-refractivity contribution in [2.24, 2.45) is 0 Å². The summed E-state index contributed by atoms with van der Waals surface area (Å²) in [4.78, 5) is 12.7. The minimum Gasteiger partial charge on any atom is -0.497 e. The van der Waals surface area contributed by atoms with Crippen LogP contribution in [0.4, 0.5) is 5.69 Å². The lowest BCUT2D eigenvalue weighted by Crippen LogP contribution is -2.41. The second-order valence-corrected chi connectivity index (χ2v) is 8.12. The van der Waals surface area contributed by atoms with E-state index in [9.17, 15) is 13.2 Å². The highest BCUT2D eigenvalue weighted by Gasteiger charge is 2.23. The Hall–Kier alpha value is -3.10. The van der Waals surface area contributed by atoms with Gasteiger partial charge in [-0.1, -0.05) is 30.3 Å². The molecule has 0 bridgehead atoms. The molecule has 1 atom stereocenters. The third-order valence-electron chi connectivity index (χ3n) is 4.42. The van der Waals surface area contributed by atoms with Crippen LogP contribution in [0.2, 0.25) is 0 Å². The summed E-state index contributed by atoms with van der Waals surface area (Å²) in [7, 11) is -0.900. The van der Waals surface area contributed by atoms with Crippen LogP contribution in [0.3, 0.4) is 0 Å². The molecule has 0 spiro atoms. The predicted molar refractivity (Wildman–Crippen MR) is 112 cm³/mol. The van der Waals surface area contributed by atoms with Gasteiger partial charge in [0.25, 0.3) is 0 Å². The third-order valence-corrected chi connectivity index (χ3v) is 5.96. The van der Waals surface area contributed by atoms with Gasteiger partial charge in [-0.15, -0.1) is 0 Å². The minimum absolute atomic E-state index is 0.0924. The van der Waals surface area contributed by atoms with Gasteiger partial charge in [0.15, 0.2) is 0 Å². The van der Waals surface area contributed by atoms with Crippen LogP contribution in [0.25, 0.3) is 10.8 Å². The van der Waals surface area contributed by atoms with Crippen LogP contribution in [0, 0.1) is 0 Å². The van der Waals surface area contributed by atoms with Crippen LogP contribution in [0.1, 0.15) is 6.92 Å². The molecule has 7 nitrogen and oxygen atoms in total. The Kier molecular flexibility index (Phi) is 6.05. The standard InChI is InChI=1S/C21H22N2O5S/c1-14(21(24)22-19-13-17(27-2)9-11-20(19)28-3)23-29(25,26)18-10-8-15-6-4-5-7-16(15)12-18/h4-14,23H,1-3H3,(H,22,24)/t14-/m0/s1. The predicted octanol–water partition coefficient (Wildman–Crippen LogP) is 3.16. The third kappa shape index (κ3) is 4.67. The van der Waals surface area contributed by atoms with Crippen molar-refractivity contribution in [3.8, 4) is 11.5 Å². The van der Waals surface area contributed by atoms with Crippen LogP contribution in [0.5, 0.6) is 11.5 Å². The van der Waals surface area contributed by atoms with Crippen LogP contribution in [-0.2, 0) is 14.8 Å². The van der Waals surface area contributed by atoms with Gasteiger partial charge in [0, 0.05) is 6.07 Å². The Morgan fingerprint density at radius 1 is 0.931 bits per heavy atom. The number of carbonyl (C=O) groups is 1. The Morgan fingerprint density at radius 2 is 1.66 bits per heavy atom. The van der Waals surface area contributed by atoms with Crippen LogP contribution >= 0.6 is 0 Å². The molecule has 3 aromatic rings. The second kappa shape index (κ2) is 8.50. The van der Waals surface area contributed by atoms with E-state index in [0.717, 1.165) is 10.8 Å². The molecule has 0 aliphatic heterocycles. The molecule has 0 saturated heterocycles. The van der Waals surface area contributed by atoms with E-state index in [1.54, 1.807) is 30.3 Å². The molecule has 0 saturated carbocycles. The van der Waals surface area contributed by atoms with Crippen molar-refractivity contribution in [3.05, 3.63) is 60.7 Å². The highest BCUT2D eigenvalue weighted by Crippen LogP contribution is 2.29. The lowest BCUT2D eigenvalue weighted by Gasteiger charge is -2.16. The number of rotatable bonds is 7. The fraction of sp³-hybridized carbons (Fsp3) is 0.190. The Labute approximate surface area is 169 Å². The van der Waals surface area contributed by atoms with E-state index in [1.165, 1.54) is 27.2 Å². The van der Waals surface area contributed by atoms with Crippen molar-refractivity contribution in [3.63, 3.8) is 0 Å². The number of methoxy groups -OCH3 is 2. The zero-order chi connectivity index (χ0) is 21.0.